The first-order valence-corrected chi connectivity index (χ1v) is 11.1. The van der Waals surface area contributed by atoms with Gasteiger partial charge in [0.1, 0.15) is 24.5 Å². The standard InChI is InChI=1S/C23H23N7OS/c1-29(2)6-7-31-20-9-15(16-11-27-30(3)12-16)8-19-22(20)23(25-13-24-19)28-17-4-5-18-21(10-17)32-14-26-18/h4-5,8-14H,6-7H2,1-3H3,(H,24,25,28). The summed E-state index contributed by atoms with van der Waals surface area (Å²) >= 11 is 1.61. The Hall–Kier alpha value is -3.56. The first kappa shape index (κ1) is 20.3. The predicted octanol–water partition coefficient (Wildman–Crippen LogP) is 4.32. The summed E-state index contributed by atoms with van der Waals surface area (Å²) in [6, 6.07) is 10.2. The van der Waals surface area contributed by atoms with Crippen LogP contribution in [-0.2, 0) is 7.05 Å². The molecule has 0 aliphatic carbocycles. The van der Waals surface area contributed by atoms with Crippen LogP contribution >= 0.6 is 11.3 Å². The summed E-state index contributed by atoms with van der Waals surface area (Å²) < 4.78 is 9.14. The third-order valence-electron chi connectivity index (χ3n) is 5.13. The normalized spacial score (nSPS) is 11.5. The molecule has 0 aliphatic rings. The van der Waals surface area contributed by atoms with Gasteiger partial charge < -0.3 is 15.0 Å². The molecule has 8 nitrogen and oxygen atoms in total. The van der Waals surface area contributed by atoms with Gasteiger partial charge in [-0.15, -0.1) is 11.3 Å². The Balaban J connectivity index is 1.59. The molecule has 3 heterocycles. The molecule has 162 valence electrons. The van der Waals surface area contributed by atoms with E-state index in [1.807, 2.05) is 63.3 Å². The van der Waals surface area contributed by atoms with Crippen LogP contribution in [0.2, 0.25) is 0 Å². The molecule has 0 atom stereocenters. The highest BCUT2D eigenvalue weighted by Gasteiger charge is 2.15. The average molecular weight is 446 g/mol. The number of nitrogens with zero attached hydrogens (tertiary/aromatic N) is 6. The van der Waals surface area contributed by atoms with E-state index in [-0.39, 0.29) is 0 Å². The lowest BCUT2D eigenvalue weighted by Crippen LogP contribution is -2.19. The summed E-state index contributed by atoms with van der Waals surface area (Å²) in [6.45, 7) is 1.36. The molecule has 0 spiro atoms. The van der Waals surface area contributed by atoms with E-state index in [1.54, 1.807) is 22.3 Å². The first-order chi connectivity index (χ1) is 15.6. The zero-order valence-electron chi connectivity index (χ0n) is 18.1. The van der Waals surface area contributed by atoms with E-state index in [2.05, 4.69) is 36.3 Å². The van der Waals surface area contributed by atoms with Gasteiger partial charge in [0.05, 0.1) is 32.8 Å². The topological polar surface area (TPSA) is 81.0 Å². The minimum atomic E-state index is 0.555. The van der Waals surface area contributed by atoms with Crippen molar-refractivity contribution in [1.82, 2.24) is 29.6 Å². The molecule has 0 bridgehead atoms. The molecule has 0 amide bonds. The molecule has 0 saturated heterocycles. The fourth-order valence-corrected chi connectivity index (χ4v) is 4.22. The maximum atomic E-state index is 6.24. The van der Waals surface area contributed by atoms with Crippen LogP contribution in [-0.4, -0.2) is 56.9 Å². The number of hydrogen-bond acceptors (Lipinski definition) is 8. The number of thiazole rings is 1. The van der Waals surface area contributed by atoms with Gasteiger partial charge in [-0.3, -0.25) is 4.68 Å². The third-order valence-corrected chi connectivity index (χ3v) is 5.92. The minimum absolute atomic E-state index is 0.555. The first-order valence-electron chi connectivity index (χ1n) is 10.2. The second kappa shape index (κ2) is 8.52. The fourth-order valence-electron chi connectivity index (χ4n) is 3.51. The van der Waals surface area contributed by atoms with Gasteiger partial charge in [-0.2, -0.15) is 5.10 Å². The Morgan fingerprint density at radius 2 is 1.97 bits per heavy atom. The van der Waals surface area contributed by atoms with Crippen LogP contribution in [0.3, 0.4) is 0 Å². The minimum Gasteiger partial charge on any atom is -0.491 e. The van der Waals surface area contributed by atoms with Crippen molar-refractivity contribution in [2.45, 2.75) is 0 Å². The molecular formula is C23H23N7OS. The van der Waals surface area contributed by atoms with Crippen molar-refractivity contribution >= 4 is 44.0 Å². The monoisotopic (exact) mass is 445 g/mol. The van der Waals surface area contributed by atoms with Gasteiger partial charge in [0.15, 0.2) is 0 Å². The lowest BCUT2D eigenvalue weighted by atomic mass is 10.1. The second-order valence-electron chi connectivity index (χ2n) is 7.81. The number of rotatable bonds is 7. The molecule has 0 saturated carbocycles. The Labute approximate surface area is 189 Å². The lowest BCUT2D eigenvalue weighted by Gasteiger charge is -2.16. The summed E-state index contributed by atoms with van der Waals surface area (Å²) in [4.78, 5) is 15.5. The number of ether oxygens (including phenoxy) is 1. The highest BCUT2D eigenvalue weighted by Crippen LogP contribution is 2.36. The van der Waals surface area contributed by atoms with Gasteiger partial charge in [0, 0.05) is 31.0 Å². The predicted molar refractivity (Wildman–Crippen MR) is 129 cm³/mol. The zero-order valence-corrected chi connectivity index (χ0v) is 18.9. The number of nitrogens with one attached hydrogen (secondary N) is 1. The van der Waals surface area contributed by atoms with Gasteiger partial charge in [-0.1, -0.05) is 0 Å². The van der Waals surface area contributed by atoms with E-state index < -0.39 is 0 Å². The van der Waals surface area contributed by atoms with Crippen LogP contribution in [0.25, 0.3) is 32.2 Å². The Morgan fingerprint density at radius 1 is 1.06 bits per heavy atom. The number of likely N-dealkylation sites (N-methyl/N-ethyl adjacent to an activating group) is 1. The van der Waals surface area contributed by atoms with Crippen LogP contribution in [0, 0.1) is 0 Å². The van der Waals surface area contributed by atoms with Crippen molar-refractivity contribution in [3.8, 4) is 16.9 Å². The number of aromatic nitrogens is 5. The summed E-state index contributed by atoms with van der Waals surface area (Å²) in [5, 5.41) is 8.60. The molecule has 5 aromatic rings. The SMILES string of the molecule is CN(C)CCOc1cc(-c2cnn(C)c2)cc2ncnc(Nc3ccc4ncsc4c3)c12. The highest BCUT2D eigenvalue weighted by molar-refractivity contribution is 7.16. The van der Waals surface area contributed by atoms with Crippen molar-refractivity contribution < 1.29 is 4.74 Å². The smallest absolute Gasteiger partial charge is 0.145 e. The van der Waals surface area contributed by atoms with Crippen LogP contribution in [0.1, 0.15) is 0 Å². The molecule has 2 aromatic carbocycles. The van der Waals surface area contributed by atoms with E-state index >= 15 is 0 Å². The van der Waals surface area contributed by atoms with E-state index in [9.17, 15) is 0 Å². The van der Waals surface area contributed by atoms with E-state index in [1.165, 1.54) is 0 Å². The van der Waals surface area contributed by atoms with Crippen LogP contribution in [0.4, 0.5) is 11.5 Å². The van der Waals surface area contributed by atoms with Gasteiger partial charge in [-0.25, -0.2) is 15.0 Å². The van der Waals surface area contributed by atoms with Crippen molar-refractivity contribution in [2.75, 3.05) is 32.6 Å². The Bertz CT molecular complexity index is 1390. The fraction of sp³-hybridized carbons (Fsp3) is 0.217. The quantitative estimate of drug-likeness (QED) is 0.399. The largest absolute Gasteiger partial charge is 0.491 e. The molecule has 32 heavy (non-hydrogen) atoms. The maximum absolute atomic E-state index is 6.24. The molecule has 0 fully saturated rings. The number of benzene rings is 2. The van der Waals surface area contributed by atoms with Crippen molar-refractivity contribution in [1.29, 1.82) is 0 Å². The summed E-state index contributed by atoms with van der Waals surface area (Å²) in [6.07, 6.45) is 5.40. The van der Waals surface area contributed by atoms with Crippen LogP contribution in [0.5, 0.6) is 5.75 Å². The van der Waals surface area contributed by atoms with Crippen LogP contribution < -0.4 is 10.1 Å². The molecule has 0 aliphatic heterocycles. The van der Waals surface area contributed by atoms with Crippen LogP contribution in [0.15, 0.2) is 54.6 Å². The maximum Gasteiger partial charge on any atom is 0.145 e. The van der Waals surface area contributed by atoms with Gasteiger partial charge in [0.2, 0.25) is 0 Å². The van der Waals surface area contributed by atoms with Crippen molar-refractivity contribution in [2.24, 2.45) is 7.05 Å². The molecule has 0 unspecified atom stereocenters. The Kier molecular flexibility index (Phi) is 5.42. The number of hydrogen-bond donors (Lipinski definition) is 1. The molecular weight excluding hydrogens is 422 g/mol. The number of fused-ring (bicyclic) bond motifs is 2. The lowest BCUT2D eigenvalue weighted by molar-refractivity contribution is 0.264. The van der Waals surface area contributed by atoms with E-state index in [0.717, 1.165) is 50.2 Å². The summed E-state index contributed by atoms with van der Waals surface area (Å²) in [5.41, 5.74) is 6.60. The van der Waals surface area contributed by atoms with Gasteiger partial charge >= 0.3 is 0 Å². The number of anilines is 2. The molecule has 0 radical (unpaired) electrons. The summed E-state index contributed by atoms with van der Waals surface area (Å²) in [7, 11) is 5.96. The summed E-state index contributed by atoms with van der Waals surface area (Å²) in [5.74, 6) is 1.45. The molecule has 9 heteroatoms. The van der Waals surface area contributed by atoms with Crippen molar-refractivity contribution in [3.05, 3.63) is 54.6 Å². The zero-order chi connectivity index (χ0) is 22.1. The van der Waals surface area contributed by atoms with Gasteiger partial charge in [-0.05, 0) is 50.0 Å². The average Bonchev–Trinajstić information content (AvgIpc) is 3.42. The van der Waals surface area contributed by atoms with Gasteiger partial charge in [0.25, 0.3) is 0 Å². The molecule has 3 aromatic heterocycles. The van der Waals surface area contributed by atoms with Crippen molar-refractivity contribution in [3.63, 3.8) is 0 Å². The second-order valence-corrected chi connectivity index (χ2v) is 8.69. The highest BCUT2D eigenvalue weighted by atomic mass is 32.1. The van der Waals surface area contributed by atoms with E-state index in [4.69, 9.17) is 4.74 Å². The number of aryl methyl sites for hydroxylation is 1. The molecule has 1 N–H and O–H groups in total. The van der Waals surface area contributed by atoms with E-state index in [0.29, 0.717) is 12.4 Å². The Morgan fingerprint density at radius 3 is 2.78 bits per heavy atom. The molecule has 5 rings (SSSR count). The third kappa shape index (κ3) is 4.12.